The summed E-state index contributed by atoms with van der Waals surface area (Å²) in [5.41, 5.74) is 2.53. The third-order valence-electron chi connectivity index (χ3n) is 5.10. The molecule has 0 aromatic heterocycles. The number of fused-ring (bicyclic) bond motifs is 1. The topological polar surface area (TPSA) is 75.7 Å². The van der Waals surface area contributed by atoms with Crippen molar-refractivity contribution in [3.63, 3.8) is 0 Å². The van der Waals surface area contributed by atoms with Crippen LogP contribution in [0.15, 0.2) is 60.2 Å². The summed E-state index contributed by atoms with van der Waals surface area (Å²) in [7, 11) is 0. The smallest absolute Gasteiger partial charge is 0.335 e. The quantitative estimate of drug-likeness (QED) is 0.388. The molecule has 0 aliphatic carbocycles. The molecule has 6 nitrogen and oxygen atoms in total. The fraction of sp³-hybridized carbons (Fsp3) is 0.115. The van der Waals surface area contributed by atoms with Crippen LogP contribution < -0.4 is 15.0 Å². The van der Waals surface area contributed by atoms with E-state index in [1.165, 1.54) is 6.08 Å². The number of aryl methyl sites for hydroxylation is 2. The van der Waals surface area contributed by atoms with E-state index in [1.54, 1.807) is 18.2 Å². The van der Waals surface area contributed by atoms with Crippen LogP contribution in [-0.4, -0.2) is 24.5 Å². The second-order valence-electron chi connectivity index (χ2n) is 7.50. The van der Waals surface area contributed by atoms with Crippen LogP contribution in [0, 0.1) is 26.2 Å². The summed E-state index contributed by atoms with van der Waals surface area (Å²) in [5.74, 6) is 1.37. The molecular formula is C26H20N2O4. The van der Waals surface area contributed by atoms with E-state index in [2.05, 4.69) is 11.2 Å². The number of carbonyl (C=O) groups excluding carboxylic acids is 3. The maximum Gasteiger partial charge on any atom is 0.335 e. The molecule has 3 aromatic carbocycles. The van der Waals surface area contributed by atoms with Gasteiger partial charge in [-0.2, -0.15) is 0 Å². The normalized spacial score (nSPS) is 15.1. The lowest BCUT2D eigenvalue weighted by molar-refractivity contribution is -0.122. The van der Waals surface area contributed by atoms with Crippen LogP contribution in [0.2, 0.25) is 0 Å². The lowest BCUT2D eigenvalue weighted by Crippen LogP contribution is -2.54. The van der Waals surface area contributed by atoms with Gasteiger partial charge < -0.3 is 4.74 Å². The van der Waals surface area contributed by atoms with Gasteiger partial charge in [-0.1, -0.05) is 42.3 Å². The molecule has 0 radical (unpaired) electrons. The SMILES string of the molecule is C#CCOc1ccc2ccccc2c1/C=C1\C(=O)NC(=O)N(c2cc(C)cc(C)c2)C1=O. The van der Waals surface area contributed by atoms with E-state index in [-0.39, 0.29) is 12.2 Å². The number of barbiturate groups is 1. The number of nitrogens with one attached hydrogen (secondary N) is 1. The molecule has 0 bridgehead atoms. The number of benzene rings is 3. The Bertz CT molecular complexity index is 1330. The van der Waals surface area contributed by atoms with Gasteiger partial charge in [0.1, 0.15) is 17.9 Å². The van der Waals surface area contributed by atoms with Crippen molar-refractivity contribution in [1.29, 1.82) is 0 Å². The first-order valence-electron chi connectivity index (χ1n) is 9.97. The zero-order valence-electron chi connectivity index (χ0n) is 17.6. The Labute approximate surface area is 185 Å². The predicted octanol–water partition coefficient (Wildman–Crippen LogP) is 4.14. The maximum atomic E-state index is 13.3. The van der Waals surface area contributed by atoms with E-state index < -0.39 is 17.8 Å². The molecule has 4 rings (SSSR count). The minimum atomic E-state index is -0.788. The third-order valence-corrected chi connectivity index (χ3v) is 5.10. The van der Waals surface area contributed by atoms with E-state index in [0.29, 0.717) is 17.0 Å². The van der Waals surface area contributed by atoms with Gasteiger partial charge in [0, 0.05) is 5.56 Å². The molecule has 3 aromatic rings. The number of amides is 4. The highest BCUT2D eigenvalue weighted by atomic mass is 16.5. The molecule has 1 saturated heterocycles. The molecule has 0 unspecified atom stereocenters. The number of ether oxygens (including phenoxy) is 1. The van der Waals surface area contributed by atoms with Gasteiger partial charge >= 0.3 is 6.03 Å². The van der Waals surface area contributed by atoms with E-state index in [1.807, 2.05) is 50.2 Å². The fourth-order valence-corrected chi connectivity index (χ4v) is 3.79. The lowest BCUT2D eigenvalue weighted by atomic mass is 9.99. The zero-order valence-corrected chi connectivity index (χ0v) is 17.6. The average molecular weight is 424 g/mol. The highest BCUT2D eigenvalue weighted by molar-refractivity contribution is 6.39. The Morgan fingerprint density at radius 2 is 1.75 bits per heavy atom. The standard InChI is InChI=1S/C26H20N2O4/c1-4-11-32-23-10-9-18-7-5-6-8-20(18)21(23)15-22-24(29)27-26(31)28(25(22)30)19-13-16(2)12-17(3)14-19/h1,5-10,12-15H,11H2,2-3H3,(H,27,29,31)/b22-15+. The number of urea groups is 1. The van der Waals surface area contributed by atoms with Crippen molar-refractivity contribution >= 4 is 40.4 Å². The number of terminal acetylenes is 1. The van der Waals surface area contributed by atoms with Crippen LogP contribution in [-0.2, 0) is 9.59 Å². The summed E-state index contributed by atoms with van der Waals surface area (Å²) in [4.78, 5) is 39.5. The second-order valence-corrected chi connectivity index (χ2v) is 7.50. The highest BCUT2D eigenvalue weighted by Gasteiger charge is 2.37. The van der Waals surface area contributed by atoms with Crippen LogP contribution in [0.25, 0.3) is 16.8 Å². The van der Waals surface area contributed by atoms with E-state index in [4.69, 9.17) is 11.2 Å². The molecule has 1 N–H and O–H groups in total. The van der Waals surface area contributed by atoms with Crippen LogP contribution in [0.3, 0.4) is 0 Å². The van der Waals surface area contributed by atoms with Crippen molar-refractivity contribution in [2.45, 2.75) is 13.8 Å². The van der Waals surface area contributed by atoms with Gasteiger partial charge in [-0.3, -0.25) is 14.9 Å². The number of imide groups is 2. The van der Waals surface area contributed by atoms with Gasteiger partial charge in [0.15, 0.2) is 0 Å². The summed E-state index contributed by atoms with van der Waals surface area (Å²) in [6, 6.07) is 15.7. The van der Waals surface area contributed by atoms with E-state index in [9.17, 15) is 14.4 Å². The second kappa shape index (κ2) is 8.40. The Kier molecular flexibility index (Phi) is 5.48. The largest absolute Gasteiger partial charge is 0.480 e. The number of hydrogen-bond acceptors (Lipinski definition) is 4. The molecule has 4 amide bonds. The average Bonchev–Trinajstić information content (AvgIpc) is 2.74. The van der Waals surface area contributed by atoms with Crippen LogP contribution in [0.4, 0.5) is 10.5 Å². The number of nitrogens with zero attached hydrogens (tertiary/aromatic N) is 1. The number of carbonyl (C=O) groups is 3. The van der Waals surface area contributed by atoms with Crippen molar-refractivity contribution < 1.29 is 19.1 Å². The lowest BCUT2D eigenvalue weighted by Gasteiger charge is -2.27. The summed E-state index contributed by atoms with van der Waals surface area (Å²) in [6.07, 6.45) is 6.79. The molecule has 32 heavy (non-hydrogen) atoms. The van der Waals surface area contributed by atoms with E-state index in [0.717, 1.165) is 26.8 Å². The monoisotopic (exact) mass is 424 g/mol. The first-order chi connectivity index (χ1) is 15.4. The summed E-state index contributed by atoms with van der Waals surface area (Å²) in [5, 5.41) is 3.95. The number of anilines is 1. The van der Waals surface area contributed by atoms with Gasteiger partial charge in [-0.15, -0.1) is 6.42 Å². The van der Waals surface area contributed by atoms with Crippen LogP contribution >= 0.6 is 0 Å². The first-order valence-corrected chi connectivity index (χ1v) is 9.97. The molecule has 1 heterocycles. The molecule has 1 aliphatic heterocycles. The molecule has 1 fully saturated rings. The maximum absolute atomic E-state index is 13.3. The van der Waals surface area contributed by atoms with Gasteiger partial charge in [-0.25, -0.2) is 9.69 Å². The first kappa shape index (κ1) is 20.9. The van der Waals surface area contributed by atoms with Gasteiger partial charge in [0.05, 0.1) is 5.69 Å². The Morgan fingerprint density at radius 1 is 1.03 bits per heavy atom. The van der Waals surface area contributed by atoms with Crippen molar-refractivity contribution in [3.05, 3.63) is 76.9 Å². The number of hydrogen-bond donors (Lipinski definition) is 1. The van der Waals surface area contributed by atoms with Gasteiger partial charge in [0.2, 0.25) is 0 Å². The molecule has 0 atom stereocenters. The molecule has 0 saturated carbocycles. The molecule has 158 valence electrons. The number of rotatable bonds is 4. The Morgan fingerprint density at radius 3 is 2.47 bits per heavy atom. The van der Waals surface area contributed by atoms with Crippen molar-refractivity contribution in [1.82, 2.24) is 5.32 Å². The molecule has 1 aliphatic rings. The Hall–Kier alpha value is -4.37. The predicted molar refractivity (Wildman–Crippen MR) is 123 cm³/mol. The molecule has 6 heteroatoms. The summed E-state index contributed by atoms with van der Waals surface area (Å²) < 4.78 is 5.67. The van der Waals surface area contributed by atoms with Crippen molar-refractivity contribution in [2.75, 3.05) is 11.5 Å². The summed E-state index contributed by atoms with van der Waals surface area (Å²) in [6.45, 7) is 3.77. The Balaban J connectivity index is 1.87. The molecular weight excluding hydrogens is 404 g/mol. The minimum absolute atomic E-state index is 0.0296. The molecule has 0 spiro atoms. The van der Waals surface area contributed by atoms with Gasteiger partial charge in [0.25, 0.3) is 11.8 Å². The van der Waals surface area contributed by atoms with Crippen LogP contribution in [0.1, 0.15) is 16.7 Å². The highest BCUT2D eigenvalue weighted by Crippen LogP contribution is 2.32. The van der Waals surface area contributed by atoms with Crippen molar-refractivity contribution in [2.24, 2.45) is 0 Å². The van der Waals surface area contributed by atoms with Crippen LogP contribution in [0.5, 0.6) is 5.75 Å². The minimum Gasteiger partial charge on any atom is -0.480 e. The van der Waals surface area contributed by atoms with Crippen molar-refractivity contribution in [3.8, 4) is 18.1 Å². The fourth-order valence-electron chi connectivity index (χ4n) is 3.79. The zero-order chi connectivity index (χ0) is 22.8. The third kappa shape index (κ3) is 3.84. The summed E-state index contributed by atoms with van der Waals surface area (Å²) >= 11 is 0. The van der Waals surface area contributed by atoms with Gasteiger partial charge in [-0.05, 0) is 60.0 Å². The van der Waals surface area contributed by atoms with E-state index >= 15 is 0 Å².